The second-order valence-corrected chi connectivity index (χ2v) is 13.8. The Labute approximate surface area is 320 Å². The Morgan fingerprint density at radius 3 is 0.648 bits per heavy atom. The summed E-state index contributed by atoms with van der Waals surface area (Å²) in [6.07, 6.45) is -0.0633. The van der Waals surface area contributed by atoms with Crippen LogP contribution >= 0.6 is 0 Å². The van der Waals surface area contributed by atoms with Crippen molar-refractivity contribution in [2.24, 2.45) is 23.7 Å². The standard InChI is InChI=1S/2C22H28O5/c2*1-13-14(2)22(16-8-10-18(24-4)20(12-16)26-6)27-21(13)15-7-9-17(23-3)19(11-15)25-5/h2*7-14,21-22H,1-6H3/t13-,14+,21-,22+;13-,14-,21-,22+/m.0/s1. The molecule has 292 valence electrons. The van der Waals surface area contributed by atoms with Crippen molar-refractivity contribution < 1.29 is 47.4 Å². The van der Waals surface area contributed by atoms with Gasteiger partial charge in [-0.2, -0.15) is 0 Å². The quantitative estimate of drug-likeness (QED) is 0.140. The molecule has 0 amide bonds. The van der Waals surface area contributed by atoms with Gasteiger partial charge in [0, 0.05) is 0 Å². The second-order valence-electron chi connectivity index (χ2n) is 13.8. The molecule has 2 aliphatic rings. The molecular weight excluding hydrogens is 688 g/mol. The molecule has 6 rings (SSSR count). The molecule has 0 bridgehead atoms. The maximum atomic E-state index is 6.51. The van der Waals surface area contributed by atoms with Gasteiger partial charge >= 0.3 is 0 Å². The van der Waals surface area contributed by atoms with Crippen LogP contribution in [0.3, 0.4) is 0 Å². The van der Waals surface area contributed by atoms with E-state index in [1.54, 1.807) is 56.9 Å². The summed E-state index contributed by atoms with van der Waals surface area (Å²) in [5.41, 5.74) is 4.37. The van der Waals surface area contributed by atoms with Gasteiger partial charge in [0.15, 0.2) is 46.0 Å². The van der Waals surface area contributed by atoms with Crippen molar-refractivity contribution in [2.45, 2.75) is 52.1 Å². The lowest BCUT2D eigenvalue weighted by molar-refractivity contribution is 0.0287. The number of hydrogen-bond donors (Lipinski definition) is 0. The third-order valence-corrected chi connectivity index (χ3v) is 11.1. The average molecular weight is 745 g/mol. The van der Waals surface area contributed by atoms with Crippen molar-refractivity contribution in [1.82, 2.24) is 0 Å². The minimum atomic E-state index is -0.0158. The van der Waals surface area contributed by atoms with E-state index in [0.717, 1.165) is 45.3 Å². The van der Waals surface area contributed by atoms with E-state index in [4.69, 9.17) is 47.4 Å². The molecule has 2 fully saturated rings. The average Bonchev–Trinajstić information content (AvgIpc) is 3.69. The lowest BCUT2D eigenvalue weighted by Crippen LogP contribution is -2.10. The molecule has 0 aromatic heterocycles. The van der Waals surface area contributed by atoms with Crippen LogP contribution in [0.5, 0.6) is 46.0 Å². The molecule has 10 nitrogen and oxygen atoms in total. The van der Waals surface area contributed by atoms with Gasteiger partial charge in [-0.1, -0.05) is 52.0 Å². The first-order valence-electron chi connectivity index (χ1n) is 18.3. The van der Waals surface area contributed by atoms with E-state index in [9.17, 15) is 0 Å². The third kappa shape index (κ3) is 8.15. The fraction of sp³-hybridized carbons (Fsp3) is 0.455. The predicted octanol–water partition coefficient (Wildman–Crippen LogP) is 9.61. The second kappa shape index (κ2) is 18.0. The van der Waals surface area contributed by atoms with E-state index in [2.05, 4.69) is 27.7 Å². The minimum absolute atomic E-state index is 0.0158. The largest absolute Gasteiger partial charge is 0.493 e. The number of ether oxygens (including phenoxy) is 10. The van der Waals surface area contributed by atoms with Crippen LogP contribution in [0.2, 0.25) is 0 Å². The first kappa shape index (κ1) is 40.4. The lowest BCUT2D eigenvalue weighted by Gasteiger charge is -2.18. The summed E-state index contributed by atoms with van der Waals surface area (Å²) in [5.74, 6) is 7.13. The van der Waals surface area contributed by atoms with Gasteiger partial charge in [0.2, 0.25) is 0 Å². The summed E-state index contributed by atoms with van der Waals surface area (Å²) in [6, 6.07) is 23.9. The van der Waals surface area contributed by atoms with Crippen LogP contribution in [0.25, 0.3) is 0 Å². The van der Waals surface area contributed by atoms with Crippen molar-refractivity contribution in [1.29, 1.82) is 0 Å². The molecule has 4 aromatic rings. The first-order chi connectivity index (χ1) is 26.1. The topological polar surface area (TPSA) is 92.3 Å². The van der Waals surface area contributed by atoms with Gasteiger partial charge in [0.05, 0.1) is 81.3 Å². The normalized spacial score (nSPS) is 24.5. The molecule has 2 aliphatic heterocycles. The monoisotopic (exact) mass is 744 g/mol. The lowest BCUT2D eigenvalue weighted by atomic mass is 9.85. The smallest absolute Gasteiger partial charge is 0.161 e. The highest BCUT2D eigenvalue weighted by molar-refractivity contribution is 5.47. The van der Waals surface area contributed by atoms with Gasteiger partial charge in [0.25, 0.3) is 0 Å². The molecule has 0 saturated carbocycles. The number of rotatable bonds is 12. The van der Waals surface area contributed by atoms with E-state index in [1.807, 2.05) is 72.8 Å². The molecule has 4 aromatic carbocycles. The Hall–Kier alpha value is -4.80. The first-order valence-corrected chi connectivity index (χ1v) is 18.3. The zero-order valence-electron chi connectivity index (χ0n) is 33.6. The van der Waals surface area contributed by atoms with Gasteiger partial charge in [0.1, 0.15) is 0 Å². The summed E-state index contributed by atoms with van der Waals surface area (Å²) in [7, 11) is 13.2. The maximum absolute atomic E-state index is 6.51. The van der Waals surface area contributed by atoms with Crippen LogP contribution in [0, 0.1) is 23.7 Å². The fourth-order valence-corrected chi connectivity index (χ4v) is 7.56. The van der Waals surface area contributed by atoms with Gasteiger partial charge in [-0.15, -0.1) is 0 Å². The molecule has 8 atom stereocenters. The van der Waals surface area contributed by atoms with Crippen LogP contribution in [-0.2, 0) is 9.47 Å². The fourth-order valence-electron chi connectivity index (χ4n) is 7.56. The van der Waals surface area contributed by atoms with E-state index in [-0.39, 0.29) is 24.4 Å². The highest BCUT2D eigenvalue weighted by Crippen LogP contribution is 2.52. The maximum Gasteiger partial charge on any atom is 0.161 e. The molecule has 2 heterocycles. The summed E-state index contributed by atoms with van der Waals surface area (Å²) in [4.78, 5) is 0. The van der Waals surface area contributed by atoms with Crippen molar-refractivity contribution in [2.75, 3.05) is 56.9 Å². The van der Waals surface area contributed by atoms with Crippen LogP contribution in [0.4, 0.5) is 0 Å². The van der Waals surface area contributed by atoms with Crippen molar-refractivity contribution in [3.63, 3.8) is 0 Å². The SMILES string of the molecule is COc1ccc([C@H]2O[C@@H](c3ccc(OC)c(OC)c3)[C@@H](C)[C@@H]2C)cc1OC.COc1ccc([C@H]2O[C@@H](c3ccc(OC)c(OC)c3)[C@H](C)[C@@H]2C)cc1OC. The molecule has 0 spiro atoms. The molecular formula is C44H56O10. The number of benzene rings is 4. The Bertz CT molecular complexity index is 1580. The highest BCUT2D eigenvalue weighted by atomic mass is 16.5. The van der Waals surface area contributed by atoms with Gasteiger partial charge < -0.3 is 47.4 Å². The molecule has 0 aliphatic carbocycles. The summed E-state index contributed by atoms with van der Waals surface area (Å²) < 4.78 is 56.2. The van der Waals surface area contributed by atoms with Crippen LogP contribution < -0.4 is 37.9 Å². The van der Waals surface area contributed by atoms with Crippen molar-refractivity contribution in [3.05, 3.63) is 95.1 Å². The molecule has 54 heavy (non-hydrogen) atoms. The van der Waals surface area contributed by atoms with E-state index < -0.39 is 0 Å². The van der Waals surface area contributed by atoms with Gasteiger partial charge in [-0.25, -0.2) is 0 Å². The number of hydrogen-bond acceptors (Lipinski definition) is 10. The molecule has 10 heteroatoms. The number of methoxy groups -OCH3 is 8. The summed E-state index contributed by atoms with van der Waals surface area (Å²) in [5, 5.41) is 0. The third-order valence-electron chi connectivity index (χ3n) is 11.1. The Morgan fingerprint density at radius 2 is 0.481 bits per heavy atom. The summed E-state index contributed by atoms with van der Waals surface area (Å²) in [6.45, 7) is 8.92. The van der Waals surface area contributed by atoms with E-state index >= 15 is 0 Å². The van der Waals surface area contributed by atoms with Crippen LogP contribution in [0.1, 0.15) is 74.4 Å². The van der Waals surface area contributed by atoms with Gasteiger partial charge in [-0.05, 0) is 94.5 Å². The van der Waals surface area contributed by atoms with Crippen molar-refractivity contribution >= 4 is 0 Å². The molecule has 2 saturated heterocycles. The molecule has 0 unspecified atom stereocenters. The highest BCUT2D eigenvalue weighted by Gasteiger charge is 2.42. The van der Waals surface area contributed by atoms with E-state index in [1.165, 1.54) is 0 Å². The zero-order valence-corrected chi connectivity index (χ0v) is 33.6. The van der Waals surface area contributed by atoms with Crippen LogP contribution in [-0.4, -0.2) is 56.9 Å². The van der Waals surface area contributed by atoms with Crippen molar-refractivity contribution in [3.8, 4) is 46.0 Å². The summed E-state index contributed by atoms with van der Waals surface area (Å²) >= 11 is 0. The Morgan fingerprint density at radius 1 is 0.296 bits per heavy atom. The van der Waals surface area contributed by atoms with E-state index in [0.29, 0.717) is 46.7 Å². The minimum Gasteiger partial charge on any atom is -0.493 e. The Balaban J connectivity index is 0.000000208. The molecule has 0 N–H and O–H groups in total. The zero-order chi connectivity index (χ0) is 39.1. The Kier molecular flexibility index (Phi) is 13.5. The predicted molar refractivity (Wildman–Crippen MR) is 208 cm³/mol. The van der Waals surface area contributed by atoms with Crippen LogP contribution in [0.15, 0.2) is 72.8 Å². The molecule has 0 radical (unpaired) electrons. The van der Waals surface area contributed by atoms with Gasteiger partial charge in [-0.3, -0.25) is 0 Å².